The van der Waals surface area contributed by atoms with E-state index < -0.39 is 6.03 Å². The number of hydrogen-bond acceptors (Lipinski definition) is 3. The number of benzene rings is 2. The zero-order valence-electron chi connectivity index (χ0n) is 16.3. The van der Waals surface area contributed by atoms with E-state index >= 15 is 0 Å². The SMILES string of the molecule is Cc1cc2occ(CC(=O)NCc3ccc(NC(N)=O)cc3)c2cc1C(C)C. The highest BCUT2D eigenvalue weighted by molar-refractivity contribution is 5.89. The lowest BCUT2D eigenvalue weighted by Gasteiger charge is -2.10. The highest BCUT2D eigenvalue weighted by atomic mass is 16.3. The number of aryl methyl sites for hydroxylation is 1. The first kappa shape index (κ1) is 19.5. The zero-order chi connectivity index (χ0) is 20.3. The minimum absolute atomic E-state index is 0.0753. The van der Waals surface area contributed by atoms with Crippen LogP contribution in [0.4, 0.5) is 10.5 Å². The normalized spacial score (nSPS) is 11.0. The predicted molar refractivity (Wildman–Crippen MR) is 110 cm³/mol. The molecule has 0 aliphatic rings. The van der Waals surface area contributed by atoms with Gasteiger partial charge in [-0.1, -0.05) is 26.0 Å². The first-order valence-corrected chi connectivity index (χ1v) is 9.26. The van der Waals surface area contributed by atoms with Gasteiger partial charge in [0.25, 0.3) is 0 Å². The number of rotatable bonds is 6. The van der Waals surface area contributed by atoms with Crippen molar-refractivity contribution < 1.29 is 14.0 Å². The zero-order valence-corrected chi connectivity index (χ0v) is 16.3. The number of hydrogen-bond donors (Lipinski definition) is 3. The third kappa shape index (κ3) is 4.52. The topological polar surface area (TPSA) is 97.4 Å². The molecule has 0 radical (unpaired) electrons. The average molecular weight is 379 g/mol. The van der Waals surface area contributed by atoms with Crippen LogP contribution in [0.5, 0.6) is 0 Å². The Morgan fingerprint density at radius 2 is 1.86 bits per heavy atom. The Bertz CT molecular complexity index is 1000. The van der Waals surface area contributed by atoms with E-state index in [2.05, 4.69) is 37.5 Å². The number of fused-ring (bicyclic) bond motifs is 1. The molecule has 3 aromatic rings. The Morgan fingerprint density at radius 1 is 1.14 bits per heavy atom. The summed E-state index contributed by atoms with van der Waals surface area (Å²) in [4.78, 5) is 23.2. The molecule has 6 nitrogen and oxygen atoms in total. The van der Waals surface area contributed by atoms with Crippen LogP contribution in [0.1, 0.15) is 42.0 Å². The van der Waals surface area contributed by atoms with Gasteiger partial charge >= 0.3 is 6.03 Å². The van der Waals surface area contributed by atoms with Gasteiger partial charge in [-0.05, 0) is 53.8 Å². The molecule has 0 fully saturated rings. The Kier molecular flexibility index (Phi) is 5.68. The maximum absolute atomic E-state index is 12.4. The van der Waals surface area contributed by atoms with Crippen molar-refractivity contribution >= 4 is 28.6 Å². The van der Waals surface area contributed by atoms with Gasteiger partial charge in [-0.2, -0.15) is 0 Å². The standard InChI is InChI=1S/C22H25N3O3/c1-13(2)18-10-19-16(12-28-20(19)8-14(18)3)9-21(26)24-11-15-4-6-17(7-5-15)25-22(23)27/h4-8,10,12-13H,9,11H2,1-3H3,(H,24,26)(H3,23,25,27). The van der Waals surface area contributed by atoms with E-state index in [0.29, 0.717) is 18.2 Å². The molecule has 0 aliphatic heterocycles. The molecule has 0 bridgehead atoms. The van der Waals surface area contributed by atoms with Gasteiger partial charge in [0.05, 0.1) is 12.7 Å². The molecule has 0 saturated heterocycles. The van der Waals surface area contributed by atoms with Gasteiger partial charge in [-0.25, -0.2) is 4.79 Å². The number of nitrogens with two attached hydrogens (primary N) is 1. The molecule has 0 spiro atoms. The monoisotopic (exact) mass is 379 g/mol. The molecule has 2 aromatic carbocycles. The summed E-state index contributed by atoms with van der Waals surface area (Å²) in [5, 5.41) is 6.41. The van der Waals surface area contributed by atoms with E-state index in [4.69, 9.17) is 10.2 Å². The first-order valence-electron chi connectivity index (χ1n) is 9.26. The van der Waals surface area contributed by atoms with Crippen LogP contribution in [-0.4, -0.2) is 11.9 Å². The van der Waals surface area contributed by atoms with E-state index in [1.807, 2.05) is 18.2 Å². The van der Waals surface area contributed by atoms with Crippen molar-refractivity contribution in [1.29, 1.82) is 0 Å². The molecule has 0 unspecified atom stereocenters. The van der Waals surface area contributed by atoms with Gasteiger partial charge in [0, 0.05) is 23.2 Å². The molecule has 146 valence electrons. The number of anilines is 1. The van der Waals surface area contributed by atoms with Crippen LogP contribution in [-0.2, 0) is 17.8 Å². The van der Waals surface area contributed by atoms with Crippen LogP contribution in [0.15, 0.2) is 47.1 Å². The molecule has 28 heavy (non-hydrogen) atoms. The number of urea groups is 1. The van der Waals surface area contributed by atoms with Crippen LogP contribution in [0, 0.1) is 6.92 Å². The number of nitrogens with one attached hydrogen (secondary N) is 2. The Morgan fingerprint density at radius 3 is 2.50 bits per heavy atom. The molecule has 0 saturated carbocycles. The number of furan rings is 1. The van der Waals surface area contributed by atoms with E-state index in [-0.39, 0.29) is 12.3 Å². The van der Waals surface area contributed by atoms with Crippen LogP contribution in [0.3, 0.4) is 0 Å². The Hall–Kier alpha value is -3.28. The average Bonchev–Trinajstić information content (AvgIpc) is 3.01. The Labute approximate surface area is 164 Å². The summed E-state index contributed by atoms with van der Waals surface area (Å²) in [5.41, 5.74) is 10.8. The van der Waals surface area contributed by atoms with Gasteiger partial charge < -0.3 is 20.8 Å². The lowest BCUT2D eigenvalue weighted by atomic mass is 9.95. The fourth-order valence-corrected chi connectivity index (χ4v) is 3.29. The molecule has 0 aliphatic carbocycles. The summed E-state index contributed by atoms with van der Waals surface area (Å²) < 4.78 is 5.65. The third-order valence-electron chi connectivity index (χ3n) is 4.73. The van der Waals surface area contributed by atoms with Crippen molar-refractivity contribution in [1.82, 2.24) is 5.32 Å². The van der Waals surface area contributed by atoms with Gasteiger partial charge in [-0.3, -0.25) is 4.79 Å². The van der Waals surface area contributed by atoms with E-state index in [1.165, 1.54) is 11.1 Å². The van der Waals surface area contributed by atoms with Crippen LogP contribution in [0.25, 0.3) is 11.0 Å². The molecule has 1 heterocycles. The predicted octanol–water partition coefficient (Wildman–Crippen LogP) is 4.21. The fourth-order valence-electron chi connectivity index (χ4n) is 3.29. The second kappa shape index (κ2) is 8.17. The van der Waals surface area contributed by atoms with Gasteiger partial charge in [0.2, 0.25) is 5.91 Å². The number of carbonyl (C=O) groups excluding carboxylic acids is 2. The summed E-state index contributed by atoms with van der Waals surface area (Å²) in [7, 11) is 0. The fraction of sp³-hybridized carbons (Fsp3) is 0.273. The van der Waals surface area contributed by atoms with Crippen molar-refractivity contribution in [2.75, 3.05) is 5.32 Å². The van der Waals surface area contributed by atoms with E-state index in [1.54, 1.807) is 18.4 Å². The second-order valence-electron chi connectivity index (χ2n) is 7.26. The molecule has 0 atom stereocenters. The molecular formula is C22H25N3O3. The lowest BCUT2D eigenvalue weighted by molar-refractivity contribution is -0.120. The molecule has 3 rings (SSSR count). The minimum Gasteiger partial charge on any atom is -0.464 e. The maximum atomic E-state index is 12.4. The van der Waals surface area contributed by atoms with Crippen molar-refractivity contribution in [2.45, 2.75) is 39.7 Å². The van der Waals surface area contributed by atoms with Crippen LogP contribution in [0.2, 0.25) is 0 Å². The summed E-state index contributed by atoms with van der Waals surface area (Å²) in [6.07, 6.45) is 1.92. The number of amides is 3. The molecule has 6 heteroatoms. The summed E-state index contributed by atoms with van der Waals surface area (Å²) in [6.45, 7) is 6.80. The second-order valence-corrected chi connectivity index (χ2v) is 7.26. The van der Waals surface area contributed by atoms with Crippen LogP contribution >= 0.6 is 0 Å². The van der Waals surface area contributed by atoms with Crippen LogP contribution < -0.4 is 16.4 Å². The maximum Gasteiger partial charge on any atom is 0.316 e. The van der Waals surface area contributed by atoms with Crippen molar-refractivity contribution in [3.05, 3.63) is 64.9 Å². The highest BCUT2D eigenvalue weighted by Crippen LogP contribution is 2.29. The molecule has 3 amide bonds. The van der Waals surface area contributed by atoms with Crippen molar-refractivity contribution in [3.8, 4) is 0 Å². The summed E-state index contributed by atoms with van der Waals surface area (Å²) >= 11 is 0. The molecule has 4 N–H and O–H groups in total. The van der Waals surface area contributed by atoms with E-state index in [0.717, 1.165) is 22.1 Å². The van der Waals surface area contributed by atoms with Gasteiger partial charge in [0.1, 0.15) is 5.58 Å². The van der Waals surface area contributed by atoms with Crippen molar-refractivity contribution in [2.24, 2.45) is 5.73 Å². The number of primary amides is 1. The van der Waals surface area contributed by atoms with Gasteiger partial charge in [0.15, 0.2) is 0 Å². The van der Waals surface area contributed by atoms with Crippen molar-refractivity contribution in [3.63, 3.8) is 0 Å². The smallest absolute Gasteiger partial charge is 0.316 e. The summed E-state index contributed by atoms with van der Waals surface area (Å²) in [5.74, 6) is 0.335. The number of carbonyl (C=O) groups is 2. The highest BCUT2D eigenvalue weighted by Gasteiger charge is 2.14. The lowest BCUT2D eigenvalue weighted by Crippen LogP contribution is -2.24. The summed E-state index contributed by atoms with van der Waals surface area (Å²) in [6, 6.07) is 10.7. The first-order chi connectivity index (χ1) is 13.3. The minimum atomic E-state index is -0.607. The Balaban J connectivity index is 1.65. The van der Waals surface area contributed by atoms with E-state index in [9.17, 15) is 9.59 Å². The molecule has 1 aromatic heterocycles. The molecular weight excluding hydrogens is 354 g/mol. The quantitative estimate of drug-likeness (QED) is 0.598. The largest absolute Gasteiger partial charge is 0.464 e. The van der Waals surface area contributed by atoms with Gasteiger partial charge in [-0.15, -0.1) is 0 Å². The third-order valence-corrected chi connectivity index (χ3v) is 4.73.